The molecule has 0 aliphatic rings. The molecular formula is C18H26N2S. The molecule has 2 unspecified atom stereocenters. The topological polar surface area (TPSA) is 24.9 Å². The third-order valence-corrected chi connectivity index (χ3v) is 4.93. The Morgan fingerprint density at radius 2 is 1.67 bits per heavy atom. The summed E-state index contributed by atoms with van der Waals surface area (Å²) in [6, 6.07) is 9.55. The lowest BCUT2D eigenvalue weighted by molar-refractivity contribution is 0.492. The first-order chi connectivity index (χ1) is 9.77. The predicted octanol–water partition coefficient (Wildman–Crippen LogP) is 5.16. The molecule has 2 nitrogen and oxygen atoms in total. The van der Waals surface area contributed by atoms with Crippen LogP contribution >= 0.6 is 11.3 Å². The summed E-state index contributed by atoms with van der Waals surface area (Å²) in [7, 11) is 0. The molecular weight excluding hydrogens is 276 g/mol. The Labute approximate surface area is 132 Å². The predicted molar refractivity (Wildman–Crippen MR) is 92.0 cm³/mol. The fourth-order valence-corrected chi connectivity index (χ4v) is 3.20. The number of thiazole rings is 1. The summed E-state index contributed by atoms with van der Waals surface area (Å²) in [6.07, 6.45) is 0. The van der Waals surface area contributed by atoms with E-state index in [9.17, 15) is 0 Å². The minimum Gasteiger partial charge on any atom is -0.302 e. The van der Waals surface area contributed by atoms with Gasteiger partial charge in [0.15, 0.2) is 0 Å². The molecule has 21 heavy (non-hydrogen) atoms. The maximum atomic E-state index is 4.56. The van der Waals surface area contributed by atoms with Crippen LogP contribution < -0.4 is 5.32 Å². The van der Waals surface area contributed by atoms with Gasteiger partial charge in [-0.05, 0) is 37.3 Å². The van der Waals surface area contributed by atoms with E-state index in [0.29, 0.717) is 6.04 Å². The van der Waals surface area contributed by atoms with Crippen LogP contribution in [0.25, 0.3) is 0 Å². The molecule has 0 aliphatic heterocycles. The van der Waals surface area contributed by atoms with Crippen molar-refractivity contribution in [3.8, 4) is 0 Å². The maximum Gasteiger partial charge on any atom is 0.110 e. The van der Waals surface area contributed by atoms with E-state index in [1.165, 1.54) is 11.1 Å². The van der Waals surface area contributed by atoms with Crippen LogP contribution in [-0.2, 0) is 5.41 Å². The molecule has 3 heteroatoms. The number of hydrogen-bond donors (Lipinski definition) is 1. The van der Waals surface area contributed by atoms with E-state index in [0.717, 1.165) is 10.7 Å². The Kier molecular flexibility index (Phi) is 4.84. The van der Waals surface area contributed by atoms with Gasteiger partial charge in [0.05, 0.1) is 6.04 Å². The van der Waals surface area contributed by atoms with Gasteiger partial charge in [-0.2, -0.15) is 0 Å². The molecule has 0 saturated heterocycles. The van der Waals surface area contributed by atoms with Crippen LogP contribution in [0.4, 0.5) is 0 Å². The molecule has 0 aliphatic carbocycles. The van der Waals surface area contributed by atoms with Crippen LogP contribution in [0.3, 0.4) is 0 Å². The van der Waals surface area contributed by atoms with Crippen LogP contribution in [0.15, 0.2) is 29.6 Å². The number of aromatic nitrogens is 1. The second-order valence-corrected chi connectivity index (χ2v) is 7.70. The number of nitrogens with one attached hydrogen (secondary N) is 1. The third-order valence-electron chi connectivity index (χ3n) is 3.78. The maximum absolute atomic E-state index is 4.56. The highest BCUT2D eigenvalue weighted by atomic mass is 32.1. The molecule has 114 valence electrons. The summed E-state index contributed by atoms with van der Waals surface area (Å²) >= 11 is 1.73. The average Bonchev–Trinajstić information content (AvgIpc) is 2.84. The highest BCUT2D eigenvalue weighted by Crippen LogP contribution is 2.25. The lowest BCUT2D eigenvalue weighted by Gasteiger charge is -2.22. The second kappa shape index (κ2) is 6.29. The highest BCUT2D eigenvalue weighted by molar-refractivity contribution is 7.09. The van der Waals surface area contributed by atoms with Gasteiger partial charge in [-0.15, -0.1) is 11.3 Å². The zero-order chi connectivity index (χ0) is 15.6. The van der Waals surface area contributed by atoms with Gasteiger partial charge in [-0.1, -0.05) is 45.0 Å². The highest BCUT2D eigenvalue weighted by Gasteiger charge is 2.16. The van der Waals surface area contributed by atoms with Crippen molar-refractivity contribution in [3.05, 3.63) is 51.5 Å². The van der Waals surface area contributed by atoms with E-state index < -0.39 is 0 Å². The van der Waals surface area contributed by atoms with Crippen molar-refractivity contribution in [2.75, 3.05) is 0 Å². The Morgan fingerprint density at radius 1 is 1.05 bits per heavy atom. The van der Waals surface area contributed by atoms with E-state index in [2.05, 4.69) is 74.6 Å². The third kappa shape index (κ3) is 4.14. The summed E-state index contributed by atoms with van der Waals surface area (Å²) in [6.45, 7) is 13.2. The largest absolute Gasteiger partial charge is 0.302 e. The molecule has 0 amide bonds. The summed E-state index contributed by atoms with van der Waals surface area (Å²) in [5.74, 6) is 0. The Morgan fingerprint density at radius 3 is 2.14 bits per heavy atom. The Balaban J connectivity index is 2.04. The Bertz CT molecular complexity index is 578. The minimum absolute atomic E-state index is 0.209. The van der Waals surface area contributed by atoms with Gasteiger partial charge in [-0.25, -0.2) is 4.98 Å². The van der Waals surface area contributed by atoms with E-state index in [-0.39, 0.29) is 11.5 Å². The molecule has 1 heterocycles. The van der Waals surface area contributed by atoms with E-state index >= 15 is 0 Å². The molecule has 0 bridgehead atoms. The fraction of sp³-hybridized carbons (Fsp3) is 0.500. The van der Waals surface area contributed by atoms with Crippen LogP contribution in [0.2, 0.25) is 0 Å². The smallest absolute Gasteiger partial charge is 0.110 e. The molecule has 0 saturated carbocycles. The van der Waals surface area contributed by atoms with Gasteiger partial charge in [0.25, 0.3) is 0 Å². The molecule has 1 aromatic carbocycles. The van der Waals surface area contributed by atoms with Gasteiger partial charge in [0.1, 0.15) is 5.01 Å². The van der Waals surface area contributed by atoms with E-state index in [4.69, 9.17) is 0 Å². The number of nitrogens with zero attached hydrogens (tertiary/aromatic N) is 1. The quantitative estimate of drug-likeness (QED) is 0.843. The van der Waals surface area contributed by atoms with E-state index in [1.54, 1.807) is 11.3 Å². The summed E-state index contributed by atoms with van der Waals surface area (Å²) in [4.78, 5) is 4.56. The van der Waals surface area contributed by atoms with E-state index in [1.807, 2.05) is 6.92 Å². The second-order valence-electron chi connectivity index (χ2n) is 6.81. The fourth-order valence-electron chi connectivity index (χ4n) is 2.39. The number of rotatable bonds is 4. The van der Waals surface area contributed by atoms with Crippen molar-refractivity contribution < 1.29 is 0 Å². The lowest BCUT2D eigenvalue weighted by atomic mass is 9.86. The van der Waals surface area contributed by atoms with Gasteiger partial charge in [-0.3, -0.25) is 0 Å². The minimum atomic E-state index is 0.209. The molecule has 0 radical (unpaired) electrons. The zero-order valence-corrected chi connectivity index (χ0v) is 14.7. The van der Waals surface area contributed by atoms with Crippen molar-refractivity contribution in [2.45, 2.75) is 59.0 Å². The summed E-state index contributed by atoms with van der Waals surface area (Å²) in [5.41, 5.74) is 4.01. The average molecular weight is 302 g/mol. The van der Waals surface area contributed by atoms with Gasteiger partial charge < -0.3 is 5.32 Å². The molecule has 2 aromatic rings. The molecule has 0 fully saturated rings. The van der Waals surface area contributed by atoms with Gasteiger partial charge >= 0.3 is 0 Å². The molecule has 0 spiro atoms. The van der Waals surface area contributed by atoms with Crippen molar-refractivity contribution in [1.29, 1.82) is 0 Å². The normalized spacial score (nSPS) is 15.0. The summed E-state index contributed by atoms with van der Waals surface area (Å²) in [5, 5.41) is 6.90. The number of benzene rings is 1. The van der Waals surface area contributed by atoms with Crippen LogP contribution in [0.1, 0.15) is 68.5 Å². The van der Waals surface area contributed by atoms with Crippen molar-refractivity contribution >= 4 is 11.3 Å². The number of hydrogen-bond acceptors (Lipinski definition) is 3. The monoisotopic (exact) mass is 302 g/mol. The molecule has 1 aromatic heterocycles. The Hall–Kier alpha value is -1.19. The van der Waals surface area contributed by atoms with Gasteiger partial charge in [0.2, 0.25) is 0 Å². The van der Waals surface area contributed by atoms with Crippen molar-refractivity contribution in [3.63, 3.8) is 0 Å². The zero-order valence-electron chi connectivity index (χ0n) is 13.9. The molecule has 2 rings (SSSR count). The van der Waals surface area contributed by atoms with Crippen LogP contribution in [0, 0.1) is 6.92 Å². The van der Waals surface area contributed by atoms with Gasteiger partial charge in [0, 0.05) is 17.1 Å². The lowest BCUT2D eigenvalue weighted by Crippen LogP contribution is -2.22. The first-order valence-corrected chi connectivity index (χ1v) is 8.44. The van der Waals surface area contributed by atoms with Crippen LogP contribution in [0.5, 0.6) is 0 Å². The van der Waals surface area contributed by atoms with Crippen molar-refractivity contribution in [1.82, 2.24) is 10.3 Å². The number of aryl methyl sites for hydroxylation is 1. The summed E-state index contributed by atoms with van der Waals surface area (Å²) < 4.78 is 0. The first-order valence-electron chi connectivity index (χ1n) is 7.56. The SMILES string of the molecule is Cc1csc(C(C)NC(C)c2ccc(C(C)(C)C)cc2)n1. The standard InChI is InChI=1S/C18H26N2S/c1-12-11-21-17(19-12)14(3)20-13(2)15-7-9-16(10-8-15)18(4,5)6/h7-11,13-14,20H,1-6H3. The molecule has 1 N–H and O–H groups in total. The molecule has 2 atom stereocenters. The van der Waals surface area contributed by atoms with Crippen molar-refractivity contribution in [2.24, 2.45) is 0 Å². The first kappa shape index (κ1) is 16.2. The van der Waals surface area contributed by atoms with Crippen LogP contribution in [-0.4, -0.2) is 4.98 Å².